The molecule has 1 amide bonds. The van der Waals surface area contributed by atoms with Crippen molar-refractivity contribution >= 4 is 11.7 Å². The SMILES string of the molecule is CC(C)OCC(=O)Nc1c(C#N)nnn1Cc1ccccc1. The van der Waals surface area contributed by atoms with Crippen LogP contribution >= 0.6 is 0 Å². The highest BCUT2D eigenvalue weighted by atomic mass is 16.5. The van der Waals surface area contributed by atoms with Crippen molar-refractivity contribution < 1.29 is 9.53 Å². The molecule has 0 spiro atoms. The zero-order chi connectivity index (χ0) is 15.9. The molecule has 1 heterocycles. The highest BCUT2D eigenvalue weighted by Crippen LogP contribution is 2.14. The van der Waals surface area contributed by atoms with Gasteiger partial charge in [-0.3, -0.25) is 4.79 Å². The first kappa shape index (κ1) is 15.7. The van der Waals surface area contributed by atoms with Crippen molar-refractivity contribution in [3.8, 4) is 6.07 Å². The summed E-state index contributed by atoms with van der Waals surface area (Å²) in [6.07, 6.45) is -0.0476. The molecule has 22 heavy (non-hydrogen) atoms. The number of anilines is 1. The van der Waals surface area contributed by atoms with Crippen molar-refractivity contribution in [1.29, 1.82) is 5.26 Å². The fourth-order valence-corrected chi connectivity index (χ4v) is 1.79. The Hall–Kier alpha value is -2.72. The van der Waals surface area contributed by atoms with Gasteiger partial charge in [0.2, 0.25) is 5.69 Å². The van der Waals surface area contributed by atoms with Gasteiger partial charge >= 0.3 is 0 Å². The largest absolute Gasteiger partial charge is 0.369 e. The predicted molar refractivity (Wildman–Crippen MR) is 80.0 cm³/mol. The number of amides is 1. The standard InChI is InChI=1S/C15H17N5O2/c1-11(2)22-10-14(21)17-15-13(8-16)18-19-20(15)9-12-6-4-3-5-7-12/h3-7,11H,9-10H2,1-2H3,(H,17,21). The lowest BCUT2D eigenvalue weighted by Crippen LogP contribution is -2.23. The quantitative estimate of drug-likeness (QED) is 0.873. The van der Waals surface area contributed by atoms with E-state index in [-0.39, 0.29) is 30.1 Å². The maximum absolute atomic E-state index is 11.9. The van der Waals surface area contributed by atoms with E-state index >= 15 is 0 Å². The van der Waals surface area contributed by atoms with Crippen molar-refractivity contribution in [3.63, 3.8) is 0 Å². The molecule has 0 aliphatic carbocycles. The lowest BCUT2D eigenvalue weighted by molar-refractivity contribution is -0.122. The summed E-state index contributed by atoms with van der Waals surface area (Å²) in [7, 11) is 0. The number of nitriles is 1. The Labute approximate surface area is 128 Å². The molecule has 2 aromatic rings. The second kappa shape index (κ2) is 7.33. The summed E-state index contributed by atoms with van der Waals surface area (Å²) in [5.74, 6) is -0.0643. The number of rotatable bonds is 6. The van der Waals surface area contributed by atoms with Gasteiger partial charge in [-0.05, 0) is 19.4 Å². The van der Waals surface area contributed by atoms with Gasteiger partial charge in [0.25, 0.3) is 5.91 Å². The van der Waals surface area contributed by atoms with Crippen LogP contribution in [0.1, 0.15) is 25.1 Å². The van der Waals surface area contributed by atoms with Gasteiger partial charge in [0.05, 0.1) is 12.6 Å². The average Bonchev–Trinajstić information content (AvgIpc) is 2.88. The Bertz CT molecular complexity index is 673. The van der Waals surface area contributed by atoms with Gasteiger partial charge in [0, 0.05) is 0 Å². The minimum atomic E-state index is -0.346. The zero-order valence-corrected chi connectivity index (χ0v) is 12.5. The van der Waals surface area contributed by atoms with Gasteiger partial charge in [-0.2, -0.15) is 5.26 Å². The Kier molecular flexibility index (Phi) is 5.22. The summed E-state index contributed by atoms with van der Waals surface area (Å²) in [5.41, 5.74) is 1.07. The van der Waals surface area contributed by atoms with Gasteiger partial charge in [-0.1, -0.05) is 35.5 Å². The molecule has 1 aromatic carbocycles. The van der Waals surface area contributed by atoms with Crippen molar-refractivity contribution in [2.24, 2.45) is 0 Å². The fourth-order valence-electron chi connectivity index (χ4n) is 1.79. The Morgan fingerprint density at radius 2 is 2.14 bits per heavy atom. The summed E-state index contributed by atoms with van der Waals surface area (Å²) in [5, 5.41) is 19.4. The number of carbonyl (C=O) groups excluding carboxylic acids is 1. The maximum atomic E-state index is 11.9. The topological polar surface area (TPSA) is 92.8 Å². The number of aromatic nitrogens is 3. The van der Waals surface area contributed by atoms with Crippen molar-refractivity contribution in [2.75, 3.05) is 11.9 Å². The molecule has 0 bridgehead atoms. The number of carbonyl (C=O) groups is 1. The van der Waals surface area contributed by atoms with E-state index in [4.69, 9.17) is 10.00 Å². The molecule has 1 aromatic heterocycles. The van der Waals surface area contributed by atoms with E-state index in [9.17, 15) is 4.79 Å². The number of hydrogen-bond acceptors (Lipinski definition) is 5. The van der Waals surface area contributed by atoms with E-state index in [1.807, 2.05) is 50.2 Å². The highest BCUT2D eigenvalue weighted by molar-refractivity contribution is 5.91. The summed E-state index contributed by atoms with van der Waals surface area (Å²) in [6.45, 7) is 4.01. The molecule has 7 nitrogen and oxygen atoms in total. The van der Waals surface area contributed by atoms with E-state index in [1.54, 1.807) is 0 Å². The van der Waals surface area contributed by atoms with Crippen LogP contribution in [0.4, 0.5) is 5.82 Å². The van der Waals surface area contributed by atoms with Gasteiger partial charge in [0.1, 0.15) is 12.7 Å². The normalized spacial score (nSPS) is 10.5. The van der Waals surface area contributed by atoms with Crippen LogP contribution in [-0.4, -0.2) is 33.6 Å². The molecule has 0 aliphatic rings. The lowest BCUT2D eigenvalue weighted by Gasteiger charge is -2.10. The number of ether oxygens (including phenoxy) is 1. The van der Waals surface area contributed by atoms with Crippen molar-refractivity contribution in [1.82, 2.24) is 15.0 Å². The van der Waals surface area contributed by atoms with Crippen LogP contribution in [0.15, 0.2) is 30.3 Å². The summed E-state index contributed by atoms with van der Waals surface area (Å²) < 4.78 is 6.73. The minimum Gasteiger partial charge on any atom is -0.369 e. The second-order valence-electron chi connectivity index (χ2n) is 4.95. The molecule has 0 saturated carbocycles. The van der Waals surface area contributed by atoms with Crippen LogP contribution in [0.25, 0.3) is 0 Å². The first-order valence-electron chi connectivity index (χ1n) is 6.89. The number of benzene rings is 1. The summed E-state index contributed by atoms with van der Waals surface area (Å²) >= 11 is 0. The number of nitrogens with one attached hydrogen (secondary N) is 1. The highest BCUT2D eigenvalue weighted by Gasteiger charge is 2.16. The van der Waals surface area contributed by atoms with Gasteiger partial charge < -0.3 is 10.1 Å². The van der Waals surface area contributed by atoms with Crippen molar-refractivity contribution in [3.05, 3.63) is 41.6 Å². The monoisotopic (exact) mass is 299 g/mol. The smallest absolute Gasteiger partial charge is 0.251 e. The molecule has 1 N–H and O–H groups in total. The second-order valence-corrected chi connectivity index (χ2v) is 4.95. The third-order valence-corrected chi connectivity index (χ3v) is 2.82. The van der Waals surface area contributed by atoms with Crippen LogP contribution in [-0.2, 0) is 16.1 Å². The fraction of sp³-hybridized carbons (Fsp3) is 0.333. The summed E-state index contributed by atoms with van der Waals surface area (Å²) in [4.78, 5) is 11.9. The predicted octanol–water partition coefficient (Wildman–Crippen LogP) is 1.56. The zero-order valence-electron chi connectivity index (χ0n) is 12.5. The molecular formula is C15H17N5O2. The molecule has 114 valence electrons. The van der Waals surface area contributed by atoms with Crippen LogP contribution in [0, 0.1) is 11.3 Å². The van der Waals surface area contributed by atoms with Gasteiger partial charge in [-0.25, -0.2) is 4.68 Å². The molecule has 7 heteroatoms. The van der Waals surface area contributed by atoms with Gasteiger partial charge in [-0.15, -0.1) is 5.10 Å². The Morgan fingerprint density at radius 1 is 1.41 bits per heavy atom. The summed E-state index contributed by atoms with van der Waals surface area (Å²) in [6, 6.07) is 11.5. The van der Waals surface area contributed by atoms with Crippen LogP contribution in [0.3, 0.4) is 0 Å². The molecule has 2 rings (SSSR count). The minimum absolute atomic E-state index is 0.0476. The van der Waals surface area contributed by atoms with E-state index in [0.29, 0.717) is 6.54 Å². The Balaban J connectivity index is 2.14. The molecule has 0 unspecified atom stereocenters. The van der Waals surface area contributed by atoms with E-state index < -0.39 is 0 Å². The van der Waals surface area contributed by atoms with Gasteiger partial charge in [0.15, 0.2) is 5.82 Å². The molecule has 0 saturated heterocycles. The number of nitrogens with zero attached hydrogens (tertiary/aromatic N) is 4. The van der Waals surface area contributed by atoms with E-state index in [0.717, 1.165) is 5.56 Å². The van der Waals surface area contributed by atoms with Crippen LogP contribution in [0.2, 0.25) is 0 Å². The van der Waals surface area contributed by atoms with Crippen LogP contribution < -0.4 is 5.32 Å². The Morgan fingerprint density at radius 3 is 2.77 bits per heavy atom. The third kappa shape index (κ3) is 4.14. The molecule has 0 aliphatic heterocycles. The molecule has 0 atom stereocenters. The maximum Gasteiger partial charge on any atom is 0.251 e. The van der Waals surface area contributed by atoms with Crippen molar-refractivity contribution in [2.45, 2.75) is 26.5 Å². The average molecular weight is 299 g/mol. The molecule has 0 radical (unpaired) electrons. The van der Waals surface area contributed by atoms with E-state index in [2.05, 4.69) is 15.6 Å². The first-order valence-corrected chi connectivity index (χ1v) is 6.89. The third-order valence-electron chi connectivity index (χ3n) is 2.82. The van der Waals surface area contributed by atoms with Crippen LogP contribution in [0.5, 0.6) is 0 Å². The van der Waals surface area contributed by atoms with E-state index in [1.165, 1.54) is 4.68 Å². The number of hydrogen-bond donors (Lipinski definition) is 1. The lowest BCUT2D eigenvalue weighted by atomic mass is 10.2. The molecule has 0 fully saturated rings. The molecular weight excluding hydrogens is 282 g/mol. The first-order chi connectivity index (χ1) is 10.6.